The summed E-state index contributed by atoms with van der Waals surface area (Å²) in [6, 6.07) is 6.39. The lowest BCUT2D eigenvalue weighted by Gasteiger charge is -2.17. The second kappa shape index (κ2) is 5.94. The Labute approximate surface area is 136 Å². The van der Waals surface area contributed by atoms with E-state index in [4.69, 9.17) is 0 Å². The third kappa shape index (κ3) is 3.01. The van der Waals surface area contributed by atoms with Crippen molar-refractivity contribution in [3.8, 4) is 5.69 Å². The first-order valence-electron chi connectivity index (χ1n) is 7.47. The summed E-state index contributed by atoms with van der Waals surface area (Å²) in [6.07, 6.45) is -4.13. The molecule has 24 heavy (non-hydrogen) atoms. The van der Waals surface area contributed by atoms with Crippen molar-refractivity contribution in [2.24, 2.45) is 0 Å². The third-order valence-corrected chi connectivity index (χ3v) is 4.00. The second-order valence-electron chi connectivity index (χ2n) is 5.85. The average molecular weight is 339 g/mol. The van der Waals surface area contributed by atoms with Crippen LogP contribution in [0.1, 0.15) is 28.0 Å². The number of hydrogen-bond acceptors (Lipinski definition) is 3. The van der Waals surface area contributed by atoms with Gasteiger partial charge in [0.25, 0.3) is 5.91 Å². The van der Waals surface area contributed by atoms with Crippen molar-refractivity contribution in [3.63, 3.8) is 0 Å². The number of halogens is 3. The number of likely N-dealkylation sites (tertiary alicyclic amines) is 1. The minimum absolute atomic E-state index is 0.0336. The highest BCUT2D eigenvalue weighted by molar-refractivity contribution is 5.95. The number of alkyl halides is 3. The summed E-state index contributed by atoms with van der Waals surface area (Å²) < 4.78 is 41.4. The van der Waals surface area contributed by atoms with Gasteiger partial charge in [0.1, 0.15) is 0 Å². The summed E-state index contributed by atoms with van der Waals surface area (Å²) >= 11 is 0. The maximum Gasteiger partial charge on any atom is 0.434 e. The highest BCUT2D eigenvalue weighted by Crippen LogP contribution is 2.34. The largest absolute Gasteiger partial charge is 0.434 e. The van der Waals surface area contributed by atoms with Crippen LogP contribution in [0.3, 0.4) is 0 Å². The smallest absolute Gasteiger partial charge is 0.391 e. The first-order valence-corrected chi connectivity index (χ1v) is 7.47. The predicted molar refractivity (Wildman–Crippen MR) is 79.8 cm³/mol. The lowest BCUT2D eigenvalue weighted by atomic mass is 10.2. The Balaban J connectivity index is 2.05. The summed E-state index contributed by atoms with van der Waals surface area (Å²) in [4.78, 5) is 13.6. The van der Waals surface area contributed by atoms with E-state index in [1.54, 1.807) is 12.1 Å². The van der Waals surface area contributed by atoms with Gasteiger partial charge in [0, 0.05) is 13.1 Å². The van der Waals surface area contributed by atoms with Crippen LogP contribution < -0.4 is 0 Å². The Hall–Kier alpha value is -2.35. The molecule has 5 nitrogen and oxygen atoms in total. The van der Waals surface area contributed by atoms with Crippen LogP contribution in [-0.2, 0) is 6.18 Å². The quantitative estimate of drug-likeness (QED) is 0.914. The summed E-state index contributed by atoms with van der Waals surface area (Å²) in [7, 11) is 0. The Kier molecular flexibility index (Phi) is 4.08. The monoisotopic (exact) mass is 339 g/mol. The Morgan fingerprint density at radius 2 is 1.96 bits per heavy atom. The number of hydrogen-bond donors (Lipinski definition) is 1. The summed E-state index contributed by atoms with van der Waals surface area (Å²) in [5.41, 5.74) is -0.467. The normalized spacial score (nSPS) is 18.2. The van der Waals surface area contributed by atoms with Crippen molar-refractivity contribution in [1.82, 2.24) is 14.7 Å². The highest BCUT2D eigenvalue weighted by Gasteiger charge is 2.42. The van der Waals surface area contributed by atoms with Gasteiger partial charge in [-0.1, -0.05) is 17.7 Å². The molecule has 0 unspecified atom stereocenters. The number of carbonyl (C=O) groups excluding carboxylic acids is 1. The zero-order valence-electron chi connectivity index (χ0n) is 12.9. The van der Waals surface area contributed by atoms with Gasteiger partial charge >= 0.3 is 6.18 Å². The molecule has 0 spiro atoms. The zero-order chi connectivity index (χ0) is 17.5. The minimum Gasteiger partial charge on any atom is -0.391 e. The minimum atomic E-state index is -4.73. The van der Waals surface area contributed by atoms with Crippen molar-refractivity contribution in [3.05, 3.63) is 47.3 Å². The molecule has 1 aliphatic heterocycles. The van der Waals surface area contributed by atoms with Gasteiger partial charge in [-0.05, 0) is 25.5 Å². The number of rotatable bonds is 2. The lowest BCUT2D eigenvalue weighted by Crippen LogP contribution is -2.31. The SMILES string of the molecule is Cc1ccc(-n2ncc(C(=O)N3CC[C@@H](O)C3)c2C(F)(F)F)cc1. The van der Waals surface area contributed by atoms with E-state index in [0.717, 1.165) is 16.4 Å². The van der Waals surface area contributed by atoms with Crippen molar-refractivity contribution >= 4 is 5.91 Å². The molecule has 1 amide bonds. The number of aryl methyl sites for hydroxylation is 1. The van der Waals surface area contributed by atoms with Crippen molar-refractivity contribution in [1.29, 1.82) is 0 Å². The van der Waals surface area contributed by atoms with Crippen LogP contribution in [0.4, 0.5) is 13.2 Å². The average Bonchev–Trinajstić information content (AvgIpc) is 3.13. The van der Waals surface area contributed by atoms with Crippen LogP contribution in [-0.4, -0.2) is 44.9 Å². The number of aliphatic hydroxyl groups is 1. The fourth-order valence-electron chi connectivity index (χ4n) is 2.76. The molecule has 0 aliphatic carbocycles. The van der Waals surface area contributed by atoms with E-state index in [9.17, 15) is 23.1 Å². The standard InChI is InChI=1S/C16H16F3N3O2/c1-10-2-4-11(5-3-10)22-14(16(17,18)19)13(8-20-22)15(24)21-7-6-12(23)9-21/h2-5,8,12,23H,6-7,9H2,1H3/t12-/m1/s1. The topological polar surface area (TPSA) is 58.4 Å². The van der Waals surface area contributed by atoms with E-state index in [-0.39, 0.29) is 18.8 Å². The molecule has 8 heteroatoms. The van der Waals surface area contributed by atoms with Gasteiger partial charge in [-0.3, -0.25) is 4.79 Å². The molecule has 128 valence electrons. The summed E-state index contributed by atoms with van der Waals surface area (Å²) in [5.74, 6) is -0.766. The molecule has 1 N–H and O–H groups in total. The molecule has 2 aromatic rings. The molecule has 0 bridgehead atoms. The number of benzene rings is 1. The summed E-state index contributed by atoms with van der Waals surface area (Å²) in [6.45, 7) is 2.09. The van der Waals surface area contributed by atoms with E-state index < -0.39 is 29.4 Å². The van der Waals surface area contributed by atoms with Gasteiger partial charge in [-0.15, -0.1) is 0 Å². The predicted octanol–water partition coefficient (Wildman–Crippen LogP) is 2.41. The maximum atomic E-state index is 13.6. The zero-order valence-corrected chi connectivity index (χ0v) is 12.9. The molecular formula is C16H16F3N3O2. The van der Waals surface area contributed by atoms with Crippen LogP contribution in [0.25, 0.3) is 5.69 Å². The van der Waals surface area contributed by atoms with Crippen LogP contribution in [0.15, 0.2) is 30.5 Å². The second-order valence-corrected chi connectivity index (χ2v) is 5.85. The Morgan fingerprint density at radius 3 is 2.50 bits per heavy atom. The molecule has 1 aromatic carbocycles. The number of aromatic nitrogens is 2. The molecule has 1 aliphatic rings. The molecule has 1 atom stereocenters. The van der Waals surface area contributed by atoms with Gasteiger partial charge in [-0.2, -0.15) is 18.3 Å². The van der Waals surface area contributed by atoms with Gasteiger partial charge in [0.05, 0.1) is 23.6 Å². The molecule has 1 aromatic heterocycles. The van der Waals surface area contributed by atoms with Gasteiger partial charge < -0.3 is 10.0 Å². The van der Waals surface area contributed by atoms with Crippen LogP contribution in [0.2, 0.25) is 0 Å². The van der Waals surface area contributed by atoms with Crippen molar-refractivity contribution in [2.75, 3.05) is 13.1 Å². The van der Waals surface area contributed by atoms with E-state index in [0.29, 0.717) is 6.42 Å². The molecule has 0 saturated carbocycles. The number of aliphatic hydroxyl groups excluding tert-OH is 1. The maximum absolute atomic E-state index is 13.6. The number of amides is 1. The highest BCUT2D eigenvalue weighted by atomic mass is 19.4. The molecular weight excluding hydrogens is 323 g/mol. The van der Waals surface area contributed by atoms with Crippen LogP contribution in [0, 0.1) is 6.92 Å². The number of nitrogens with zero attached hydrogens (tertiary/aromatic N) is 3. The molecule has 1 fully saturated rings. The number of β-amino-alcohol motifs (C(OH)–C–C–N with tert-alkyl or cyclic N) is 1. The van der Waals surface area contributed by atoms with Gasteiger partial charge in [0.2, 0.25) is 0 Å². The van der Waals surface area contributed by atoms with Crippen LogP contribution >= 0.6 is 0 Å². The fourth-order valence-corrected chi connectivity index (χ4v) is 2.76. The van der Waals surface area contributed by atoms with E-state index in [2.05, 4.69) is 5.10 Å². The fraction of sp³-hybridized carbons (Fsp3) is 0.375. The lowest BCUT2D eigenvalue weighted by molar-refractivity contribution is -0.143. The number of carbonyl (C=O) groups is 1. The molecule has 2 heterocycles. The van der Waals surface area contributed by atoms with Gasteiger partial charge in [0.15, 0.2) is 5.69 Å². The molecule has 3 rings (SSSR count). The first kappa shape index (κ1) is 16.5. The van der Waals surface area contributed by atoms with E-state index >= 15 is 0 Å². The van der Waals surface area contributed by atoms with Crippen LogP contribution in [0.5, 0.6) is 0 Å². The molecule has 1 saturated heterocycles. The van der Waals surface area contributed by atoms with Crippen molar-refractivity contribution < 1.29 is 23.1 Å². The summed E-state index contributed by atoms with van der Waals surface area (Å²) in [5, 5.41) is 13.3. The van der Waals surface area contributed by atoms with E-state index in [1.165, 1.54) is 17.0 Å². The Morgan fingerprint density at radius 1 is 1.29 bits per heavy atom. The van der Waals surface area contributed by atoms with Crippen molar-refractivity contribution in [2.45, 2.75) is 25.6 Å². The van der Waals surface area contributed by atoms with Gasteiger partial charge in [-0.25, -0.2) is 4.68 Å². The first-order chi connectivity index (χ1) is 11.3. The van der Waals surface area contributed by atoms with E-state index in [1.807, 2.05) is 6.92 Å². The third-order valence-electron chi connectivity index (χ3n) is 4.00. The Bertz CT molecular complexity index is 753. The molecule has 0 radical (unpaired) electrons.